The summed E-state index contributed by atoms with van der Waals surface area (Å²) in [5.74, 6) is -1.13. The first-order valence-corrected chi connectivity index (χ1v) is 4.32. The lowest BCUT2D eigenvalue weighted by Crippen LogP contribution is -2.11. The maximum Gasteiger partial charge on any atom is 0.213 e. The number of benzene rings is 1. The number of amidine groups is 1. The third-order valence-corrected chi connectivity index (χ3v) is 1.99. The average molecular weight is 202 g/mol. The van der Waals surface area contributed by atoms with Crippen LogP contribution in [0.1, 0.15) is 21.5 Å². The Bertz CT molecular complexity index is 472. The van der Waals surface area contributed by atoms with E-state index in [2.05, 4.69) is 10.0 Å². The molecule has 0 saturated heterocycles. The Morgan fingerprint density at radius 2 is 2.13 bits per heavy atom. The summed E-state index contributed by atoms with van der Waals surface area (Å²) in [6, 6.07) is 5.26. The van der Waals surface area contributed by atoms with Crippen molar-refractivity contribution in [3.05, 3.63) is 45.3 Å². The van der Waals surface area contributed by atoms with Gasteiger partial charge in [-0.05, 0) is 30.1 Å². The largest absolute Gasteiger partial charge is 0.295 e. The van der Waals surface area contributed by atoms with E-state index in [0.29, 0.717) is 5.56 Å². The molecule has 0 radical (unpaired) electrons. The second kappa shape index (κ2) is 4.39. The first-order chi connectivity index (χ1) is 7.06. The zero-order valence-electron chi connectivity index (χ0n) is 8.48. The number of aryl methyl sites for hydroxylation is 2. The number of carbonyl (C=O) groups excluding carboxylic acids is 1. The van der Waals surface area contributed by atoms with Crippen molar-refractivity contribution < 1.29 is 4.79 Å². The molecule has 0 aliphatic carbocycles. The molecule has 1 rings (SSSR count). The molecule has 0 fully saturated rings. The highest BCUT2D eigenvalue weighted by Crippen LogP contribution is 2.11. The van der Waals surface area contributed by atoms with Crippen LogP contribution in [0.25, 0.3) is 10.4 Å². The summed E-state index contributed by atoms with van der Waals surface area (Å²) >= 11 is 0. The Labute approximate surface area is 86.9 Å². The van der Waals surface area contributed by atoms with Crippen LogP contribution in [0.15, 0.2) is 23.3 Å². The molecule has 1 N–H and O–H groups in total. The normalized spacial score (nSPS) is 9.20. The molecular weight excluding hydrogens is 192 g/mol. The van der Waals surface area contributed by atoms with Crippen molar-refractivity contribution >= 4 is 11.6 Å². The minimum Gasteiger partial charge on any atom is -0.295 e. The summed E-state index contributed by atoms with van der Waals surface area (Å²) in [6.45, 7) is 3.70. The zero-order chi connectivity index (χ0) is 11.4. The first kappa shape index (κ1) is 10.9. The number of hydrogen-bond donors (Lipinski definition) is 1. The number of hydrogen-bond acceptors (Lipinski definition) is 2. The van der Waals surface area contributed by atoms with Gasteiger partial charge in [-0.1, -0.05) is 23.8 Å². The number of rotatable bonds is 2. The van der Waals surface area contributed by atoms with Crippen LogP contribution in [0.4, 0.5) is 0 Å². The number of ketones is 1. The molecule has 1 aromatic carbocycles. The second-order valence-electron chi connectivity index (χ2n) is 3.19. The van der Waals surface area contributed by atoms with Crippen molar-refractivity contribution in [2.75, 3.05) is 0 Å². The predicted molar refractivity (Wildman–Crippen MR) is 57.1 cm³/mol. The van der Waals surface area contributed by atoms with E-state index in [-0.39, 0.29) is 0 Å². The number of carbonyl (C=O) groups is 1. The average Bonchev–Trinajstić information content (AvgIpc) is 2.17. The van der Waals surface area contributed by atoms with Gasteiger partial charge in [0.1, 0.15) is 0 Å². The lowest BCUT2D eigenvalue weighted by molar-refractivity contribution is 0.106. The highest BCUT2D eigenvalue weighted by molar-refractivity contribution is 6.44. The SMILES string of the molecule is Cc1ccc(C(=O)C(=N)N=[N+]=[N-])c(C)c1. The topological polar surface area (TPSA) is 89.7 Å². The second-order valence-corrected chi connectivity index (χ2v) is 3.19. The summed E-state index contributed by atoms with van der Waals surface area (Å²) in [5.41, 5.74) is 10.3. The molecule has 1 aromatic rings. The molecule has 0 bridgehead atoms. The summed E-state index contributed by atoms with van der Waals surface area (Å²) in [5, 5.41) is 10.2. The molecule has 0 spiro atoms. The highest BCUT2D eigenvalue weighted by Gasteiger charge is 2.12. The number of azide groups is 1. The lowest BCUT2D eigenvalue weighted by Gasteiger charge is -2.03. The fourth-order valence-corrected chi connectivity index (χ4v) is 1.29. The van der Waals surface area contributed by atoms with Crippen LogP contribution in [0.3, 0.4) is 0 Å². The first-order valence-electron chi connectivity index (χ1n) is 4.32. The van der Waals surface area contributed by atoms with Crippen molar-refractivity contribution in [2.45, 2.75) is 13.8 Å². The third-order valence-electron chi connectivity index (χ3n) is 1.99. The van der Waals surface area contributed by atoms with E-state index in [9.17, 15) is 4.79 Å². The van der Waals surface area contributed by atoms with Crippen LogP contribution < -0.4 is 0 Å². The Morgan fingerprint density at radius 1 is 1.47 bits per heavy atom. The predicted octanol–water partition coefficient (Wildman–Crippen LogP) is 2.77. The van der Waals surface area contributed by atoms with Gasteiger partial charge < -0.3 is 0 Å². The maximum atomic E-state index is 11.6. The van der Waals surface area contributed by atoms with Gasteiger partial charge in [-0.2, -0.15) is 0 Å². The summed E-state index contributed by atoms with van der Waals surface area (Å²) in [7, 11) is 0. The number of nitrogens with zero attached hydrogens (tertiary/aromatic N) is 3. The fourth-order valence-electron chi connectivity index (χ4n) is 1.29. The molecule has 0 aromatic heterocycles. The van der Waals surface area contributed by atoms with Crippen molar-refractivity contribution in [3.63, 3.8) is 0 Å². The minimum absolute atomic E-state index is 0.401. The van der Waals surface area contributed by atoms with Gasteiger partial charge in [-0.3, -0.25) is 10.2 Å². The van der Waals surface area contributed by atoms with Gasteiger partial charge in [0.25, 0.3) is 0 Å². The molecule has 0 amide bonds. The molecule has 0 aliphatic heterocycles. The number of nitrogens with one attached hydrogen (secondary N) is 1. The van der Waals surface area contributed by atoms with Crippen molar-refractivity contribution in [1.82, 2.24) is 0 Å². The summed E-state index contributed by atoms with van der Waals surface area (Å²) in [4.78, 5) is 14.0. The van der Waals surface area contributed by atoms with E-state index in [1.807, 2.05) is 13.0 Å². The van der Waals surface area contributed by atoms with Gasteiger partial charge in [0.2, 0.25) is 5.78 Å². The van der Waals surface area contributed by atoms with Gasteiger partial charge in [0, 0.05) is 10.5 Å². The Morgan fingerprint density at radius 3 is 2.67 bits per heavy atom. The quantitative estimate of drug-likeness (QED) is 0.196. The van der Waals surface area contributed by atoms with Gasteiger partial charge in [0.15, 0.2) is 5.84 Å². The zero-order valence-corrected chi connectivity index (χ0v) is 8.48. The molecule has 0 unspecified atom stereocenters. The van der Waals surface area contributed by atoms with Crippen LogP contribution in [-0.2, 0) is 0 Å². The molecule has 0 aliphatic rings. The molecule has 5 heteroatoms. The molecule has 0 heterocycles. The van der Waals surface area contributed by atoms with Gasteiger partial charge in [0.05, 0.1) is 0 Å². The van der Waals surface area contributed by atoms with Gasteiger partial charge in [-0.15, -0.1) is 0 Å². The standard InChI is InChI=1S/C10H10N4O/c1-6-3-4-8(7(2)5-6)9(15)10(11)13-14-12/h3-5,11H,1-2H3. The van der Waals surface area contributed by atoms with Crippen molar-refractivity contribution in [3.8, 4) is 0 Å². The van der Waals surface area contributed by atoms with Crippen LogP contribution in [0.5, 0.6) is 0 Å². The van der Waals surface area contributed by atoms with E-state index in [1.165, 1.54) is 0 Å². The Kier molecular flexibility index (Phi) is 3.21. The molecule has 76 valence electrons. The molecular formula is C10H10N4O. The van der Waals surface area contributed by atoms with E-state index >= 15 is 0 Å². The third kappa shape index (κ3) is 2.42. The van der Waals surface area contributed by atoms with E-state index in [0.717, 1.165) is 11.1 Å². The van der Waals surface area contributed by atoms with Crippen LogP contribution in [-0.4, -0.2) is 11.6 Å². The summed E-state index contributed by atoms with van der Waals surface area (Å²) < 4.78 is 0. The minimum atomic E-state index is -0.579. The highest BCUT2D eigenvalue weighted by atomic mass is 16.1. The van der Waals surface area contributed by atoms with Crippen LogP contribution in [0.2, 0.25) is 0 Å². The van der Waals surface area contributed by atoms with E-state index in [1.54, 1.807) is 19.1 Å². The van der Waals surface area contributed by atoms with Gasteiger partial charge >= 0.3 is 0 Å². The van der Waals surface area contributed by atoms with Crippen LogP contribution in [0, 0.1) is 19.3 Å². The summed E-state index contributed by atoms with van der Waals surface area (Å²) in [6.07, 6.45) is 0. The lowest BCUT2D eigenvalue weighted by atomic mass is 10.0. The smallest absolute Gasteiger partial charge is 0.213 e. The maximum absolute atomic E-state index is 11.6. The monoisotopic (exact) mass is 202 g/mol. The van der Waals surface area contributed by atoms with Crippen molar-refractivity contribution in [2.24, 2.45) is 5.11 Å². The Hall–Kier alpha value is -2.13. The molecule has 0 saturated carbocycles. The van der Waals surface area contributed by atoms with Crippen molar-refractivity contribution in [1.29, 1.82) is 5.41 Å². The Balaban J connectivity index is 3.12. The molecule has 15 heavy (non-hydrogen) atoms. The van der Waals surface area contributed by atoms with E-state index < -0.39 is 11.6 Å². The fraction of sp³-hybridized carbons (Fsp3) is 0.200. The molecule has 5 nitrogen and oxygen atoms in total. The molecule has 0 atom stereocenters. The number of Topliss-reactive ketones (excluding diaryl/α,β-unsaturated/α-hetero) is 1. The van der Waals surface area contributed by atoms with Gasteiger partial charge in [-0.25, -0.2) is 0 Å². The van der Waals surface area contributed by atoms with E-state index in [4.69, 9.17) is 10.9 Å². The van der Waals surface area contributed by atoms with Crippen LogP contribution >= 0.6 is 0 Å².